The van der Waals surface area contributed by atoms with Gasteiger partial charge in [-0.05, 0) is 24.6 Å². The molecule has 0 bridgehead atoms. The van der Waals surface area contributed by atoms with Gasteiger partial charge in [-0.3, -0.25) is 0 Å². The summed E-state index contributed by atoms with van der Waals surface area (Å²) in [5, 5.41) is 3.29. The average Bonchev–Trinajstić information content (AvgIpc) is 2.83. The standard InChI is InChI=1S/C14H19ClN2O4S/c1-17(12-5-8-22(19,20)10-12)14(18)16-6-7-21-13-4-2-3-11(15)9-13/h2-4,9,12H,5-8,10H2,1H3,(H,16,18)/t12-/m1/s1. The molecule has 8 heteroatoms. The second kappa shape index (κ2) is 7.19. The molecule has 1 atom stereocenters. The second-order valence-corrected chi connectivity index (χ2v) is 7.87. The molecule has 122 valence electrons. The van der Waals surface area contributed by atoms with Crippen LogP contribution < -0.4 is 10.1 Å². The number of hydrogen-bond donors (Lipinski definition) is 1. The Morgan fingerprint density at radius 3 is 2.91 bits per heavy atom. The van der Waals surface area contributed by atoms with Crippen molar-refractivity contribution >= 4 is 27.5 Å². The highest BCUT2D eigenvalue weighted by molar-refractivity contribution is 7.91. The maximum Gasteiger partial charge on any atom is 0.317 e. The van der Waals surface area contributed by atoms with E-state index in [2.05, 4.69) is 5.32 Å². The van der Waals surface area contributed by atoms with Gasteiger partial charge in [-0.1, -0.05) is 17.7 Å². The van der Waals surface area contributed by atoms with Crippen molar-refractivity contribution in [1.82, 2.24) is 10.2 Å². The lowest BCUT2D eigenvalue weighted by atomic mass is 10.2. The molecule has 0 aliphatic carbocycles. The molecule has 0 unspecified atom stereocenters. The van der Waals surface area contributed by atoms with E-state index < -0.39 is 9.84 Å². The number of carbonyl (C=O) groups is 1. The van der Waals surface area contributed by atoms with Crippen molar-refractivity contribution in [2.45, 2.75) is 12.5 Å². The molecule has 6 nitrogen and oxygen atoms in total. The summed E-state index contributed by atoms with van der Waals surface area (Å²) in [6.07, 6.45) is 0.491. The number of nitrogens with zero attached hydrogens (tertiary/aromatic N) is 1. The third-order valence-electron chi connectivity index (χ3n) is 3.52. The van der Waals surface area contributed by atoms with Crippen molar-refractivity contribution < 1.29 is 17.9 Å². The second-order valence-electron chi connectivity index (χ2n) is 5.21. The SMILES string of the molecule is CN(C(=O)NCCOc1cccc(Cl)c1)[C@@H]1CCS(=O)(=O)C1. The lowest BCUT2D eigenvalue weighted by Gasteiger charge is -2.23. The third-order valence-corrected chi connectivity index (χ3v) is 5.51. The Kier molecular flexibility index (Phi) is 5.52. The summed E-state index contributed by atoms with van der Waals surface area (Å²) >= 11 is 5.84. The summed E-state index contributed by atoms with van der Waals surface area (Å²) < 4.78 is 28.3. The molecule has 2 rings (SSSR count). The first-order chi connectivity index (χ1) is 10.4. The van der Waals surface area contributed by atoms with Gasteiger partial charge < -0.3 is 15.0 Å². The number of hydrogen-bond acceptors (Lipinski definition) is 4. The van der Waals surface area contributed by atoms with E-state index >= 15 is 0 Å². The quantitative estimate of drug-likeness (QED) is 0.821. The normalized spacial score (nSPS) is 19.6. The largest absolute Gasteiger partial charge is 0.492 e. The Hall–Kier alpha value is -1.47. The molecule has 1 heterocycles. The van der Waals surface area contributed by atoms with Crippen LogP contribution in [0.25, 0.3) is 0 Å². The van der Waals surface area contributed by atoms with Crippen molar-refractivity contribution in [2.75, 3.05) is 31.7 Å². The minimum absolute atomic E-state index is 0.0376. The number of carbonyl (C=O) groups excluding carboxylic acids is 1. The van der Waals surface area contributed by atoms with E-state index in [0.29, 0.717) is 30.3 Å². The highest BCUT2D eigenvalue weighted by atomic mass is 35.5. The molecule has 1 aromatic carbocycles. The highest BCUT2D eigenvalue weighted by Crippen LogP contribution is 2.17. The van der Waals surface area contributed by atoms with Crippen LogP contribution in [0.1, 0.15) is 6.42 Å². The molecule has 22 heavy (non-hydrogen) atoms. The van der Waals surface area contributed by atoms with Gasteiger partial charge >= 0.3 is 6.03 Å². The van der Waals surface area contributed by atoms with Crippen LogP contribution in [0.5, 0.6) is 5.75 Å². The van der Waals surface area contributed by atoms with Gasteiger partial charge in [-0.15, -0.1) is 0 Å². The van der Waals surface area contributed by atoms with Crippen LogP contribution in [0.4, 0.5) is 4.79 Å². The minimum atomic E-state index is -3.00. The maximum atomic E-state index is 11.9. The number of halogens is 1. The van der Waals surface area contributed by atoms with E-state index in [0.717, 1.165) is 0 Å². The molecule has 0 spiro atoms. The summed E-state index contributed by atoms with van der Waals surface area (Å²) in [6, 6.07) is 6.46. The lowest BCUT2D eigenvalue weighted by Crippen LogP contribution is -2.45. The van der Waals surface area contributed by atoms with Gasteiger partial charge in [-0.25, -0.2) is 13.2 Å². The zero-order chi connectivity index (χ0) is 16.2. The molecule has 1 N–H and O–H groups in total. The molecule has 1 aromatic rings. The van der Waals surface area contributed by atoms with Crippen molar-refractivity contribution in [1.29, 1.82) is 0 Å². The smallest absolute Gasteiger partial charge is 0.317 e. The lowest BCUT2D eigenvalue weighted by molar-refractivity contribution is 0.192. The monoisotopic (exact) mass is 346 g/mol. The van der Waals surface area contributed by atoms with Crippen molar-refractivity contribution in [3.8, 4) is 5.75 Å². The Labute approximate surface area is 135 Å². The third kappa shape index (κ3) is 4.78. The molecule has 1 saturated heterocycles. The van der Waals surface area contributed by atoms with E-state index in [4.69, 9.17) is 16.3 Å². The molecule has 0 radical (unpaired) electrons. The zero-order valence-corrected chi connectivity index (χ0v) is 13.9. The topological polar surface area (TPSA) is 75.7 Å². The van der Waals surface area contributed by atoms with Crippen molar-refractivity contribution in [3.05, 3.63) is 29.3 Å². The van der Waals surface area contributed by atoms with Crippen LogP contribution >= 0.6 is 11.6 Å². The van der Waals surface area contributed by atoms with Crippen LogP contribution in [0.2, 0.25) is 5.02 Å². The van der Waals surface area contributed by atoms with Crippen molar-refractivity contribution in [3.63, 3.8) is 0 Å². The molecule has 0 saturated carbocycles. The molecule has 1 aliphatic heterocycles. The molecule has 0 aromatic heterocycles. The Morgan fingerprint density at radius 1 is 1.50 bits per heavy atom. The number of urea groups is 1. The Morgan fingerprint density at radius 2 is 2.27 bits per heavy atom. The molecule has 2 amide bonds. The predicted molar refractivity (Wildman–Crippen MR) is 85.2 cm³/mol. The Balaban J connectivity index is 1.71. The van der Waals surface area contributed by atoms with E-state index in [9.17, 15) is 13.2 Å². The predicted octanol–water partition coefficient (Wildman–Crippen LogP) is 1.55. The minimum Gasteiger partial charge on any atom is -0.492 e. The van der Waals surface area contributed by atoms with E-state index in [-0.39, 0.29) is 23.6 Å². The van der Waals surface area contributed by atoms with Crippen LogP contribution in [-0.2, 0) is 9.84 Å². The summed E-state index contributed by atoms with van der Waals surface area (Å²) in [5.74, 6) is 0.820. The van der Waals surface area contributed by atoms with E-state index in [1.165, 1.54) is 4.90 Å². The van der Waals surface area contributed by atoms with Crippen LogP contribution in [-0.4, -0.2) is 57.1 Å². The zero-order valence-electron chi connectivity index (χ0n) is 12.3. The van der Waals surface area contributed by atoms with E-state index in [1.54, 1.807) is 31.3 Å². The number of nitrogens with one attached hydrogen (secondary N) is 1. The number of benzene rings is 1. The first-order valence-electron chi connectivity index (χ1n) is 6.97. The summed E-state index contributed by atoms with van der Waals surface area (Å²) in [6.45, 7) is 0.637. The summed E-state index contributed by atoms with van der Waals surface area (Å²) in [7, 11) is -1.39. The first kappa shape index (κ1) is 16.9. The number of sulfone groups is 1. The fourth-order valence-corrected chi connectivity index (χ4v) is 4.21. The van der Waals surface area contributed by atoms with Crippen LogP contribution in [0, 0.1) is 0 Å². The van der Waals surface area contributed by atoms with Gasteiger partial charge in [0.05, 0.1) is 18.1 Å². The van der Waals surface area contributed by atoms with Crippen molar-refractivity contribution in [2.24, 2.45) is 0 Å². The molecular formula is C14H19ClN2O4S. The van der Waals surface area contributed by atoms with E-state index in [1.807, 2.05) is 0 Å². The molecular weight excluding hydrogens is 328 g/mol. The fraction of sp³-hybridized carbons (Fsp3) is 0.500. The number of rotatable bonds is 5. The summed E-state index contributed by atoms with van der Waals surface area (Å²) in [4.78, 5) is 13.4. The van der Waals surface area contributed by atoms with Gasteiger partial charge in [0.25, 0.3) is 0 Å². The van der Waals surface area contributed by atoms with Gasteiger partial charge in [0.2, 0.25) is 0 Å². The van der Waals surface area contributed by atoms with Gasteiger partial charge in [0.15, 0.2) is 9.84 Å². The average molecular weight is 347 g/mol. The van der Waals surface area contributed by atoms with Crippen LogP contribution in [0.3, 0.4) is 0 Å². The van der Waals surface area contributed by atoms with Gasteiger partial charge in [0.1, 0.15) is 12.4 Å². The summed E-state index contributed by atoms with van der Waals surface area (Å²) in [5.41, 5.74) is 0. The first-order valence-corrected chi connectivity index (χ1v) is 9.17. The fourth-order valence-electron chi connectivity index (χ4n) is 2.25. The maximum absolute atomic E-state index is 11.9. The molecule has 1 fully saturated rings. The Bertz CT molecular complexity index is 635. The van der Waals surface area contributed by atoms with Gasteiger partial charge in [-0.2, -0.15) is 0 Å². The number of ether oxygens (including phenoxy) is 1. The van der Waals surface area contributed by atoms with Gasteiger partial charge in [0, 0.05) is 18.1 Å². The highest BCUT2D eigenvalue weighted by Gasteiger charge is 2.32. The number of amides is 2. The van der Waals surface area contributed by atoms with Crippen LogP contribution in [0.15, 0.2) is 24.3 Å². The molecule has 1 aliphatic rings.